The molecule has 1 N–H and O–H groups in total. The zero-order valence-corrected chi connectivity index (χ0v) is 11.5. The van der Waals surface area contributed by atoms with Crippen molar-refractivity contribution in [3.63, 3.8) is 0 Å². The molecule has 21 heavy (non-hydrogen) atoms. The standard InChI is InChI=1S/C17H16FNO2/c18-14-7-3-1-5-12(14)9-10-19-17(20)16-11-13-6-2-4-8-15(13)21-16/h1-8,16H,9-11H2,(H,19,20). The van der Waals surface area contributed by atoms with Gasteiger partial charge in [0.05, 0.1) is 0 Å². The normalized spacial score (nSPS) is 16.1. The molecule has 2 aromatic carbocycles. The van der Waals surface area contributed by atoms with Gasteiger partial charge in [0.1, 0.15) is 11.6 Å². The maximum Gasteiger partial charge on any atom is 0.261 e. The lowest BCUT2D eigenvalue weighted by Gasteiger charge is -2.11. The molecule has 1 atom stereocenters. The second-order valence-electron chi connectivity index (χ2n) is 5.05. The average molecular weight is 285 g/mol. The van der Waals surface area contributed by atoms with Crippen molar-refractivity contribution >= 4 is 5.91 Å². The lowest BCUT2D eigenvalue weighted by atomic mass is 10.1. The minimum absolute atomic E-state index is 0.150. The molecule has 1 aliphatic rings. The molecule has 108 valence electrons. The van der Waals surface area contributed by atoms with E-state index in [1.165, 1.54) is 6.07 Å². The van der Waals surface area contributed by atoms with Crippen LogP contribution in [0.25, 0.3) is 0 Å². The molecule has 0 spiro atoms. The first-order chi connectivity index (χ1) is 10.2. The molecule has 4 heteroatoms. The van der Waals surface area contributed by atoms with Gasteiger partial charge in [0.15, 0.2) is 6.10 Å². The first kappa shape index (κ1) is 13.6. The Morgan fingerprint density at radius 2 is 1.95 bits per heavy atom. The number of benzene rings is 2. The Bertz CT molecular complexity index is 632. The van der Waals surface area contributed by atoms with Crippen molar-refractivity contribution in [2.24, 2.45) is 0 Å². The third-order valence-corrected chi connectivity index (χ3v) is 3.59. The van der Waals surface area contributed by atoms with Gasteiger partial charge in [-0.2, -0.15) is 0 Å². The third kappa shape index (κ3) is 3.05. The Balaban J connectivity index is 1.51. The highest BCUT2D eigenvalue weighted by Crippen LogP contribution is 2.28. The predicted molar refractivity (Wildman–Crippen MR) is 77.7 cm³/mol. The molecule has 3 nitrogen and oxygen atoms in total. The number of halogens is 1. The largest absolute Gasteiger partial charge is 0.480 e. The summed E-state index contributed by atoms with van der Waals surface area (Å²) in [4.78, 5) is 12.1. The first-order valence-corrected chi connectivity index (χ1v) is 7.00. The van der Waals surface area contributed by atoms with Crippen molar-refractivity contribution in [3.8, 4) is 5.75 Å². The summed E-state index contributed by atoms with van der Waals surface area (Å²) in [6, 6.07) is 14.2. The summed E-state index contributed by atoms with van der Waals surface area (Å²) in [7, 11) is 0. The third-order valence-electron chi connectivity index (χ3n) is 3.59. The second kappa shape index (κ2) is 5.95. The molecule has 0 saturated carbocycles. The maximum absolute atomic E-state index is 13.5. The number of amides is 1. The average Bonchev–Trinajstić information content (AvgIpc) is 2.93. The number of carbonyl (C=O) groups is 1. The fourth-order valence-electron chi connectivity index (χ4n) is 2.46. The van der Waals surface area contributed by atoms with Crippen LogP contribution >= 0.6 is 0 Å². The van der Waals surface area contributed by atoms with Gasteiger partial charge in [0.25, 0.3) is 5.91 Å². The van der Waals surface area contributed by atoms with Crippen LogP contribution in [0.1, 0.15) is 11.1 Å². The van der Waals surface area contributed by atoms with E-state index in [4.69, 9.17) is 4.74 Å². The van der Waals surface area contributed by atoms with E-state index >= 15 is 0 Å². The van der Waals surface area contributed by atoms with Crippen LogP contribution in [0.15, 0.2) is 48.5 Å². The maximum atomic E-state index is 13.5. The van der Waals surface area contributed by atoms with Gasteiger partial charge in [0.2, 0.25) is 0 Å². The van der Waals surface area contributed by atoms with Crippen LogP contribution in [-0.2, 0) is 17.6 Å². The van der Waals surface area contributed by atoms with Gasteiger partial charge in [0, 0.05) is 13.0 Å². The summed E-state index contributed by atoms with van der Waals surface area (Å²) >= 11 is 0. The molecule has 0 fully saturated rings. The zero-order valence-electron chi connectivity index (χ0n) is 11.5. The van der Waals surface area contributed by atoms with Gasteiger partial charge >= 0.3 is 0 Å². The van der Waals surface area contributed by atoms with Crippen molar-refractivity contribution in [3.05, 3.63) is 65.5 Å². The van der Waals surface area contributed by atoms with Gasteiger partial charge in [-0.25, -0.2) is 4.39 Å². The van der Waals surface area contributed by atoms with E-state index < -0.39 is 6.10 Å². The topological polar surface area (TPSA) is 38.3 Å². The van der Waals surface area contributed by atoms with Crippen LogP contribution in [0.3, 0.4) is 0 Å². The van der Waals surface area contributed by atoms with Crippen LogP contribution in [-0.4, -0.2) is 18.6 Å². The number of rotatable bonds is 4. The molecule has 1 amide bonds. The molecule has 1 aliphatic heterocycles. The van der Waals surface area contributed by atoms with E-state index in [1.807, 2.05) is 24.3 Å². The number of para-hydroxylation sites is 1. The smallest absolute Gasteiger partial charge is 0.261 e. The van der Waals surface area contributed by atoms with Crippen LogP contribution in [0.5, 0.6) is 5.75 Å². The van der Waals surface area contributed by atoms with E-state index in [-0.39, 0.29) is 11.7 Å². The minimum Gasteiger partial charge on any atom is -0.480 e. The summed E-state index contributed by atoms with van der Waals surface area (Å²) < 4.78 is 19.1. The van der Waals surface area contributed by atoms with Crippen molar-refractivity contribution in [2.75, 3.05) is 6.54 Å². The monoisotopic (exact) mass is 285 g/mol. The lowest BCUT2D eigenvalue weighted by Crippen LogP contribution is -2.38. The van der Waals surface area contributed by atoms with Gasteiger partial charge in [-0.15, -0.1) is 0 Å². The number of fused-ring (bicyclic) bond motifs is 1. The Kier molecular flexibility index (Phi) is 3.86. The quantitative estimate of drug-likeness (QED) is 0.937. The molecule has 3 rings (SSSR count). The van der Waals surface area contributed by atoms with Crippen LogP contribution in [0.4, 0.5) is 4.39 Å². The van der Waals surface area contributed by atoms with Gasteiger partial charge < -0.3 is 10.1 Å². The second-order valence-corrected chi connectivity index (χ2v) is 5.05. The summed E-state index contributed by atoms with van der Waals surface area (Å²) in [6.07, 6.45) is 0.572. The summed E-state index contributed by atoms with van der Waals surface area (Å²) in [5.41, 5.74) is 1.65. The summed E-state index contributed by atoms with van der Waals surface area (Å²) in [5, 5.41) is 2.80. The van der Waals surface area contributed by atoms with Crippen molar-refractivity contribution in [1.29, 1.82) is 0 Å². The number of hydrogen-bond acceptors (Lipinski definition) is 2. The molecule has 1 heterocycles. The molecule has 0 radical (unpaired) electrons. The minimum atomic E-state index is -0.483. The van der Waals surface area contributed by atoms with Crippen LogP contribution < -0.4 is 10.1 Å². The number of hydrogen-bond donors (Lipinski definition) is 1. The number of carbonyl (C=O) groups excluding carboxylic acids is 1. The van der Waals surface area contributed by atoms with Crippen LogP contribution in [0, 0.1) is 5.82 Å². The summed E-state index contributed by atoms with van der Waals surface area (Å²) in [6.45, 7) is 0.399. The van der Waals surface area contributed by atoms with E-state index in [9.17, 15) is 9.18 Å². The van der Waals surface area contributed by atoms with Crippen LogP contribution in [0.2, 0.25) is 0 Å². The van der Waals surface area contributed by atoms with E-state index in [1.54, 1.807) is 18.2 Å². The Hall–Kier alpha value is -2.36. The van der Waals surface area contributed by atoms with E-state index in [0.29, 0.717) is 24.9 Å². The molecule has 2 aromatic rings. The molecule has 0 bridgehead atoms. The lowest BCUT2D eigenvalue weighted by molar-refractivity contribution is -0.127. The van der Waals surface area contributed by atoms with Crippen molar-refractivity contribution < 1.29 is 13.9 Å². The molecular weight excluding hydrogens is 269 g/mol. The first-order valence-electron chi connectivity index (χ1n) is 7.00. The fourth-order valence-corrected chi connectivity index (χ4v) is 2.46. The van der Waals surface area contributed by atoms with Gasteiger partial charge in [-0.3, -0.25) is 4.79 Å². The fraction of sp³-hybridized carbons (Fsp3) is 0.235. The Morgan fingerprint density at radius 3 is 2.76 bits per heavy atom. The molecule has 1 unspecified atom stereocenters. The van der Waals surface area contributed by atoms with Gasteiger partial charge in [-0.05, 0) is 29.7 Å². The van der Waals surface area contributed by atoms with Crippen molar-refractivity contribution in [1.82, 2.24) is 5.32 Å². The highest BCUT2D eigenvalue weighted by molar-refractivity contribution is 5.82. The van der Waals surface area contributed by atoms with E-state index in [0.717, 1.165) is 11.3 Å². The Labute approximate surface area is 122 Å². The highest BCUT2D eigenvalue weighted by Gasteiger charge is 2.28. The van der Waals surface area contributed by atoms with E-state index in [2.05, 4.69) is 5.32 Å². The molecule has 0 saturated heterocycles. The highest BCUT2D eigenvalue weighted by atomic mass is 19.1. The molecular formula is C17H16FNO2. The molecule has 0 aliphatic carbocycles. The predicted octanol–water partition coefficient (Wildman–Crippen LogP) is 2.49. The number of ether oxygens (including phenoxy) is 1. The van der Waals surface area contributed by atoms with Crippen molar-refractivity contribution in [2.45, 2.75) is 18.9 Å². The zero-order chi connectivity index (χ0) is 14.7. The molecule has 0 aromatic heterocycles. The van der Waals surface area contributed by atoms with Gasteiger partial charge in [-0.1, -0.05) is 36.4 Å². The SMILES string of the molecule is O=C(NCCc1ccccc1F)C1Cc2ccccc2O1. The summed E-state index contributed by atoms with van der Waals surface area (Å²) in [5.74, 6) is 0.380. The number of nitrogens with one attached hydrogen (secondary N) is 1. The Morgan fingerprint density at radius 1 is 1.19 bits per heavy atom.